The molecule has 1 saturated heterocycles. The van der Waals surface area contributed by atoms with Gasteiger partial charge in [-0.05, 0) is 0 Å². The Morgan fingerprint density at radius 2 is 1.32 bits per heavy atom. The second-order valence-electron chi connectivity index (χ2n) is 5.20. The summed E-state index contributed by atoms with van der Waals surface area (Å²) in [6, 6.07) is 0. The van der Waals surface area contributed by atoms with Crippen LogP contribution in [0.4, 0.5) is 0 Å². The van der Waals surface area contributed by atoms with Gasteiger partial charge in [0.25, 0.3) is 0 Å². The van der Waals surface area contributed by atoms with Crippen LogP contribution < -0.4 is 5.90 Å². The van der Waals surface area contributed by atoms with Gasteiger partial charge < -0.3 is 23.7 Å². The molecule has 0 aromatic rings. The van der Waals surface area contributed by atoms with Crippen LogP contribution in [0.1, 0.15) is 27.7 Å². The largest absolute Gasteiger partial charge is 0.463 e. The van der Waals surface area contributed by atoms with Crippen molar-refractivity contribution in [3.8, 4) is 0 Å². The van der Waals surface area contributed by atoms with Gasteiger partial charge in [0.05, 0.1) is 0 Å². The topological polar surface area (TPSA) is 150 Å². The first kappa shape index (κ1) is 20.8. The summed E-state index contributed by atoms with van der Waals surface area (Å²) >= 11 is 0. The van der Waals surface area contributed by atoms with Crippen LogP contribution in [0, 0.1) is 0 Å². The molecule has 2 N–H and O–H groups in total. The minimum atomic E-state index is -1.38. The van der Waals surface area contributed by atoms with Crippen LogP contribution in [0.3, 0.4) is 0 Å². The van der Waals surface area contributed by atoms with E-state index in [9.17, 15) is 19.2 Å². The van der Waals surface area contributed by atoms with Crippen LogP contribution in [-0.4, -0.2) is 61.2 Å². The first-order chi connectivity index (χ1) is 11.6. The summed E-state index contributed by atoms with van der Waals surface area (Å²) in [6.07, 6.45) is -6.20. The maximum Gasteiger partial charge on any atom is 0.305 e. The molecule has 142 valence electrons. The number of carbonyl (C=O) groups is 4. The van der Waals surface area contributed by atoms with Crippen molar-refractivity contribution >= 4 is 23.9 Å². The standard InChI is InChI=1S/C14H21NO10/c1-6(16)20-5-10-11(21-7(2)17)12(22-8(3)18)13(25-15)14(24-10)23-9(4)19/h10-14H,5,15H2,1-4H3/t10-,11-,12+,13-,14+/m1/s1. The molecule has 0 spiro atoms. The van der Waals surface area contributed by atoms with Gasteiger partial charge in [0.1, 0.15) is 12.7 Å². The van der Waals surface area contributed by atoms with Crippen LogP contribution in [0.5, 0.6) is 0 Å². The maximum absolute atomic E-state index is 11.4. The third-order valence-corrected chi connectivity index (χ3v) is 3.09. The van der Waals surface area contributed by atoms with Gasteiger partial charge in [-0.15, -0.1) is 0 Å². The minimum absolute atomic E-state index is 0.347. The quantitative estimate of drug-likeness (QED) is 0.350. The average Bonchev–Trinajstić information content (AvgIpc) is 2.46. The van der Waals surface area contributed by atoms with Crippen molar-refractivity contribution in [3.05, 3.63) is 0 Å². The van der Waals surface area contributed by atoms with Crippen molar-refractivity contribution in [3.63, 3.8) is 0 Å². The van der Waals surface area contributed by atoms with Crippen molar-refractivity contribution in [2.75, 3.05) is 6.61 Å². The van der Waals surface area contributed by atoms with Gasteiger partial charge in [0.2, 0.25) is 6.29 Å². The van der Waals surface area contributed by atoms with E-state index < -0.39 is 54.6 Å². The van der Waals surface area contributed by atoms with E-state index in [1.165, 1.54) is 6.92 Å². The van der Waals surface area contributed by atoms with Crippen molar-refractivity contribution in [1.82, 2.24) is 0 Å². The first-order valence-electron chi connectivity index (χ1n) is 7.31. The zero-order chi connectivity index (χ0) is 19.1. The summed E-state index contributed by atoms with van der Waals surface area (Å²) in [5.74, 6) is 2.44. The lowest BCUT2D eigenvalue weighted by Gasteiger charge is -2.43. The average molecular weight is 363 g/mol. The van der Waals surface area contributed by atoms with E-state index in [0.717, 1.165) is 20.8 Å². The lowest BCUT2D eigenvalue weighted by atomic mass is 9.98. The van der Waals surface area contributed by atoms with E-state index in [4.69, 9.17) is 34.4 Å². The zero-order valence-corrected chi connectivity index (χ0v) is 14.3. The third kappa shape index (κ3) is 6.29. The van der Waals surface area contributed by atoms with Crippen LogP contribution in [-0.2, 0) is 47.7 Å². The van der Waals surface area contributed by atoms with E-state index in [0.29, 0.717) is 0 Å². The Kier molecular flexibility index (Phi) is 7.74. The van der Waals surface area contributed by atoms with Crippen LogP contribution in [0.15, 0.2) is 0 Å². The molecular weight excluding hydrogens is 342 g/mol. The number of rotatable bonds is 6. The van der Waals surface area contributed by atoms with E-state index in [1.807, 2.05) is 0 Å². The second-order valence-corrected chi connectivity index (χ2v) is 5.20. The molecule has 0 saturated carbocycles. The Morgan fingerprint density at radius 3 is 1.76 bits per heavy atom. The SMILES string of the molecule is CC(=O)OC[C@H]1O[C@H](OC(C)=O)[C@H](ON)[C@@H](OC(C)=O)[C@@H]1OC(C)=O. The highest BCUT2D eigenvalue weighted by Gasteiger charge is 2.52. The number of nitrogens with two attached hydrogens (primary N) is 1. The molecule has 5 atom stereocenters. The Bertz CT molecular complexity index is 522. The highest BCUT2D eigenvalue weighted by atomic mass is 16.8. The van der Waals surface area contributed by atoms with Crippen LogP contribution >= 0.6 is 0 Å². The normalized spacial score (nSPS) is 28.6. The highest BCUT2D eigenvalue weighted by Crippen LogP contribution is 2.29. The van der Waals surface area contributed by atoms with E-state index in [1.54, 1.807) is 0 Å². The number of carbonyl (C=O) groups excluding carboxylic acids is 4. The molecule has 1 aliphatic rings. The van der Waals surface area contributed by atoms with E-state index >= 15 is 0 Å². The maximum atomic E-state index is 11.4. The molecule has 1 fully saturated rings. The molecule has 0 aromatic heterocycles. The smallest absolute Gasteiger partial charge is 0.305 e. The van der Waals surface area contributed by atoms with Gasteiger partial charge in [0.15, 0.2) is 18.3 Å². The van der Waals surface area contributed by atoms with Gasteiger partial charge in [-0.25, -0.2) is 5.90 Å². The molecule has 0 radical (unpaired) electrons. The number of hydrogen-bond donors (Lipinski definition) is 1. The van der Waals surface area contributed by atoms with Crippen molar-refractivity contribution < 1.29 is 47.7 Å². The van der Waals surface area contributed by atoms with E-state index in [-0.39, 0.29) is 6.61 Å². The molecule has 0 amide bonds. The summed E-state index contributed by atoms with van der Waals surface area (Å²) in [4.78, 5) is 49.8. The van der Waals surface area contributed by atoms with Crippen LogP contribution in [0.25, 0.3) is 0 Å². The molecule has 0 aromatic carbocycles. The summed E-state index contributed by atoms with van der Waals surface area (Å²) in [7, 11) is 0. The molecule has 25 heavy (non-hydrogen) atoms. The molecule has 0 unspecified atom stereocenters. The van der Waals surface area contributed by atoms with Gasteiger partial charge in [0, 0.05) is 27.7 Å². The number of hydrogen-bond acceptors (Lipinski definition) is 11. The first-order valence-corrected chi connectivity index (χ1v) is 7.31. The minimum Gasteiger partial charge on any atom is -0.463 e. The Balaban J connectivity index is 3.16. The molecule has 1 aliphatic heterocycles. The Morgan fingerprint density at radius 1 is 0.800 bits per heavy atom. The molecule has 0 aliphatic carbocycles. The lowest BCUT2D eigenvalue weighted by Crippen LogP contribution is -2.63. The fraction of sp³-hybridized carbons (Fsp3) is 0.714. The van der Waals surface area contributed by atoms with Gasteiger partial charge in [-0.2, -0.15) is 0 Å². The number of esters is 4. The molecule has 1 rings (SSSR count). The van der Waals surface area contributed by atoms with Crippen LogP contribution in [0.2, 0.25) is 0 Å². The zero-order valence-electron chi connectivity index (χ0n) is 14.3. The van der Waals surface area contributed by atoms with Crippen molar-refractivity contribution in [1.29, 1.82) is 0 Å². The van der Waals surface area contributed by atoms with Gasteiger partial charge in [-0.3, -0.25) is 24.0 Å². The monoisotopic (exact) mass is 363 g/mol. The fourth-order valence-corrected chi connectivity index (χ4v) is 2.27. The number of ether oxygens (including phenoxy) is 5. The summed E-state index contributed by atoms with van der Waals surface area (Å²) in [6.45, 7) is 4.19. The molecule has 11 nitrogen and oxygen atoms in total. The Labute approximate surface area is 143 Å². The van der Waals surface area contributed by atoms with Crippen molar-refractivity contribution in [2.45, 2.75) is 58.4 Å². The van der Waals surface area contributed by atoms with Crippen molar-refractivity contribution in [2.24, 2.45) is 5.90 Å². The lowest BCUT2D eigenvalue weighted by molar-refractivity contribution is -0.306. The molecule has 0 bridgehead atoms. The predicted octanol–water partition coefficient (Wildman–Crippen LogP) is -1.04. The summed E-state index contributed by atoms with van der Waals surface area (Å²) in [5, 5.41) is 0. The second kappa shape index (κ2) is 9.30. The predicted molar refractivity (Wildman–Crippen MR) is 77.2 cm³/mol. The summed E-state index contributed by atoms with van der Waals surface area (Å²) in [5.41, 5.74) is 0. The van der Waals surface area contributed by atoms with E-state index in [2.05, 4.69) is 0 Å². The van der Waals surface area contributed by atoms with Gasteiger partial charge in [-0.1, -0.05) is 0 Å². The molecular formula is C14H21NO10. The fourth-order valence-electron chi connectivity index (χ4n) is 2.27. The molecule has 11 heteroatoms. The third-order valence-electron chi connectivity index (χ3n) is 3.09. The Hall–Kier alpha value is -2.24. The molecule has 1 heterocycles. The van der Waals surface area contributed by atoms with Gasteiger partial charge >= 0.3 is 23.9 Å². The summed E-state index contributed by atoms with van der Waals surface area (Å²) < 4.78 is 25.6. The highest BCUT2D eigenvalue weighted by molar-refractivity contribution is 5.68.